The van der Waals surface area contributed by atoms with Gasteiger partial charge < -0.3 is 5.32 Å². The van der Waals surface area contributed by atoms with Crippen LogP contribution in [0.15, 0.2) is 53.6 Å². The molecule has 2 amide bonds. The van der Waals surface area contributed by atoms with Crippen LogP contribution in [-0.4, -0.2) is 12.2 Å². The van der Waals surface area contributed by atoms with Crippen molar-refractivity contribution in [1.82, 2.24) is 5.43 Å². The minimum Gasteiger partial charge on any atom is -0.306 e. The van der Waals surface area contributed by atoms with E-state index in [1.807, 2.05) is 25.1 Å². The number of hydrazone groups is 1. The van der Waals surface area contributed by atoms with Crippen LogP contribution in [0, 0.1) is 12.7 Å². The van der Waals surface area contributed by atoms with Crippen LogP contribution in [0.5, 0.6) is 0 Å². The van der Waals surface area contributed by atoms with E-state index in [0.29, 0.717) is 11.3 Å². The molecule has 0 heterocycles. The Kier molecular flexibility index (Phi) is 4.44. The minimum absolute atomic E-state index is 0.349. The van der Waals surface area contributed by atoms with E-state index in [1.165, 1.54) is 18.3 Å². The molecular formula is C15H14FN3O. The second-order valence-electron chi connectivity index (χ2n) is 4.19. The van der Waals surface area contributed by atoms with Gasteiger partial charge in [0, 0.05) is 5.69 Å². The summed E-state index contributed by atoms with van der Waals surface area (Å²) in [6, 6.07) is 12.9. The predicted octanol–water partition coefficient (Wildman–Crippen LogP) is 3.29. The van der Waals surface area contributed by atoms with Crippen LogP contribution < -0.4 is 10.7 Å². The van der Waals surface area contributed by atoms with Gasteiger partial charge in [-0.05, 0) is 36.2 Å². The molecule has 0 aromatic heterocycles. The molecule has 0 atom stereocenters. The molecule has 0 saturated carbocycles. The number of hydrogen-bond acceptors (Lipinski definition) is 2. The van der Waals surface area contributed by atoms with E-state index in [1.54, 1.807) is 18.2 Å². The number of anilines is 1. The molecule has 0 aliphatic rings. The van der Waals surface area contributed by atoms with Crippen molar-refractivity contribution >= 4 is 17.9 Å². The van der Waals surface area contributed by atoms with E-state index in [-0.39, 0.29) is 5.82 Å². The molecule has 0 radical (unpaired) electrons. The van der Waals surface area contributed by atoms with Gasteiger partial charge >= 0.3 is 6.03 Å². The van der Waals surface area contributed by atoms with Gasteiger partial charge in [0.05, 0.1) is 6.21 Å². The van der Waals surface area contributed by atoms with Crippen LogP contribution in [0.4, 0.5) is 14.9 Å². The second kappa shape index (κ2) is 6.47. The van der Waals surface area contributed by atoms with Gasteiger partial charge in [0.2, 0.25) is 0 Å². The summed E-state index contributed by atoms with van der Waals surface area (Å²) in [6.07, 6.45) is 1.38. The van der Waals surface area contributed by atoms with Gasteiger partial charge in [0.25, 0.3) is 0 Å². The topological polar surface area (TPSA) is 53.5 Å². The number of halogens is 1. The first-order valence-corrected chi connectivity index (χ1v) is 6.06. The number of carbonyl (C=O) groups excluding carboxylic acids is 1. The Morgan fingerprint density at radius 1 is 1.20 bits per heavy atom. The monoisotopic (exact) mass is 271 g/mol. The Bertz CT molecular complexity index is 641. The first kappa shape index (κ1) is 13.7. The number of urea groups is 1. The van der Waals surface area contributed by atoms with Crippen LogP contribution in [0.25, 0.3) is 0 Å². The summed E-state index contributed by atoms with van der Waals surface area (Å²) in [6.45, 7) is 1.89. The number of carbonyl (C=O) groups is 1. The fourth-order valence-electron chi connectivity index (χ4n) is 1.62. The van der Waals surface area contributed by atoms with Gasteiger partial charge in [-0.1, -0.05) is 30.3 Å². The van der Waals surface area contributed by atoms with E-state index in [2.05, 4.69) is 15.8 Å². The zero-order chi connectivity index (χ0) is 14.4. The molecular weight excluding hydrogens is 257 g/mol. The lowest BCUT2D eigenvalue weighted by molar-refractivity contribution is 0.252. The maximum Gasteiger partial charge on any atom is 0.339 e. The Balaban J connectivity index is 1.91. The third-order valence-electron chi connectivity index (χ3n) is 2.62. The number of aryl methyl sites for hydroxylation is 1. The molecule has 0 bridgehead atoms. The van der Waals surface area contributed by atoms with E-state index >= 15 is 0 Å². The number of para-hydroxylation sites is 1. The lowest BCUT2D eigenvalue weighted by atomic mass is 10.2. The van der Waals surface area contributed by atoms with Gasteiger partial charge in [-0.3, -0.25) is 0 Å². The number of nitrogens with zero attached hydrogens (tertiary/aromatic N) is 1. The average molecular weight is 271 g/mol. The molecule has 2 N–H and O–H groups in total. The average Bonchev–Trinajstić information content (AvgIpc) is 2.41. The van der Waals surface area contributed by atoms with Gasteiger partial charge in [0.15, 0.2) is 0 Å². The van der Waals surface area contributed by atoms with Crippen molar-refractivity contribution in [3.8, 4) is 0 Å². The van der Waals surface area contributed by atoms with E-state index in [4.69, 9.17) is 0 Å². The maximum absolute atomic E-state index is 12.9. The Morgan fingerprint density at radius 3 is 2.75 bits per heavy atom. The van der Waals surface area contributed by atoms with E-state index in [9.17, 15) is 9.18 Å². The fourth-order valence-corrected chi connectivity index (χ4v) is 1.62. The lowest BCUT2D eigenvalue weighted by Gasteiger charge is -2.06. The normalized spacial score (nSPS) is 10.5. The highest BCUT2D eigenvalue weighted by molar-refractivity contribution is 5.91. The molecule has 2 aromatic rings. The van der Waals surface area contributed by atoms with Crippen molar-refractivity contribution in [2.45, 2.75) is 6.92 Å². The minimum atomic E-state index is -0.452. The summed E-state index contributed by atoms with van der Waals surface area (Å²) in [5.74, 6) is -0.349. The summed E-state index contributed by atoms with van der Waals surface area (Å²) in [7, 11) is 0. The Morgan fingerprint density at radius 2 is 2.00 bits per heavy atom. The quantitative estimate of drug-likeness (QED) is 0.653. The lowest BCUT2D eigenvalue weighted by Crippen LogP contribution is -2.24. The zero-order valence-electron chi connectivity index (χ0n) is 10.9. The summed E-state index contributed by atoms with van der Waals surface area (Å²) < 4.78 is 12.9. The first-order chi connectivity index (χ1) is 9.65. The Hall–Kier alpha value is -2.69. The number of amides is 2. The molecule has 0 aliphatic heterocycles. The van der Waals surface area contributed by atoms with E-state index < -0.39 is 6.03 Å². The zero-order valence-corrected chi connectivity index (χ0v) is 10.9. The van der Waals surface area contributed by atoms with Gasteiger partial charge in [-0.15, -0.1) is 0 Å². The molecule has 0 aliphatic carbocycles. The first-order valence-electron chi connectivity index (χ1n) is 6.06. The molecule has 2 aromatic carbocycles. The highest BCUT2D eigenvalue weighted by Gasteiger charge is 2.01. The molecule has 0 unspecified atom stereocenters. The van der Waals surface area contributed by atoms with Crippen molar-refractivity contribution < 1.29 is 9.18 Å². The summed E-state index contributed by atoms with van der Waals surface area (Å²) >= 11 is 0. The third-order valence-corrected chi connectivity index (χ3v) is 2.62. The number of rotatable bonds is 3. The van der Waals surface area contributed by atoms with Crippen LogP contribution in [0.2, 0.25) is 0 Å². The third kappa shape index (κ3) is 3.91. The number of benzene rings is 2. The summed E-state index contributed by atoms with van der Waals surface area (Å²) in [4.78, 5) is 11.6. The van der Waals surface area contributed by atoms with Crippen molar-refractivity contribution in [3.63, 3.8) is 0 Å². The summed E-state index contributed by atoms with van der Waals surface area (Å²) in [5.41, 5.74) is 4.56. The predicted molar refractivity (Wildman–Crippen MR) is 77.3 cm³/mol. The molecule has 2 rings (SSSR count). The molecule has 0 saturated heterocycles. The van der Waals surface area contributed by atoms with Gasteiger partial charge in [0.1, 0.15) is 5.82 Å². The molecule has 0 fully saturated rings. The van der Waals surface area contributed by atoms with Crippen molar-refractivity contribution in [3.05, 3.63) is 65.5 Å². The number of nitrogens with one attached hydrogen (secondary N) is 2. The largest absolute Gasteiger partial charge is 0.339 e. The van der Waals surface area contributed by atoms with Gasteiger partial charge in [-0.25, -0.2) is 14.6 Å². The van der Waals surface area contributed by atoms with Crippen molar-refractivity contribution in [2.75, 3.05) is 5.32 Å². The van der Waals surface area contributed by atoms with Crippen molar-refractivity contribution in [1.29, 1.82) is 0 Å². The smallest absolute Gasteiger partial charge is 0.306 e. The van der Waals surface area contributed by atoms with Crippen LogP contribution in [0.1, 0.15) is 11.1 Å². The standard InChI is InChI=1S/C15H14FN3O/c1-11-5-2-3-8-14(11)18-15(20)19-17-10-12-6-4-7-13(16)9-12/h2-10H,1H3,(H2,18,19,20). The van der Waals surface area contributed by atoms with Crippen molar-refractivity contribution in [2.24, 2.45) is 5.10 Å². The Labute approximate surface area is 116 Å². The second-order valence-corrected chi connectivity index (χ2v) is 4.19. The highest BCUT2D eigenvalue weighted by Crippen LogP contribution is 2.12. The SMILES string of the molecule is Cc1ccccc1NC(=O)NN=Cc1cccc(F)c1. The summed E-state index contributed by atoms with van der Waals surface area (Å²) in [5, 5.41) is 6.42. The molecule has 20 heavy (non-hydrogen) atoms. The molecule has 0 spiro atoms. The van der Waals surface area contributed by atoms with E-state index in [0.717, 1.165) is 5.56 Å². The molecule has 102 valence electrons. The van der Waals surface area contributed by atoms with Crippen LogP contribution in [-0.2, 0) is 0 Å². The fraction of sp³-hybridized carbons (Fsp3) is 0.0667. The number of hydrogen-bond donors (Lipinski definition) is 2. The highest BCUT2D eigenvalue weighted by atomic mass is 19.1. The molecule has 4 nitrogen and oxygen atoms in total. The maximum atomic E-state index is 12.9. The molecule has 5 heteroatoms. The van der Waals surface area contributed by atoms with Crippen LogP contribution in [0.3, 0.4) is 0 Å². The van der Waals surface area contributed by atoms with Gasteiger partial charge in [-0.2, -0.15) is 5.10 Å². The van der Waals surface area contributed by atoms with Crippen LogP contribution >= 0.6 is 0 Å².